The van der Waals surface area contributed by atoms with Crippen molar-refractivity contribution in [2.24, 2.45) is 0 Å². The van der Waals surface area contributed by atoms with Crippen LogP contribution in [0.5, 0.6) is 0 Å². The van der Waals surface area contributed by atoms with Crippen molar-refractivity contribution in [3.63, 3.8) is 0 Å². The van der Waals surface area contributed by atoms with E-state index in [2.05, 4.69) is 5.32 Å². The van der Waals surface area contributed by atoms with Crippen LogP contribution in [-0.2, 0) is 0 Å². The van der Waals surface area contributed by atoms with E-state index >= 15 is 0 Å². The van der Waals surface area contributed by atoms with Crippen molar-refractivity contribution >= 4 is 34.9 Å². The number of rotatable bonds is 5. The molecule has 0 aliphatic carbocycles. The van der Waals surface area contributed by atoms with Gasteiger partial charge in [0.25, 0.3) is 0 Å². The molecule has 1 N–H and O–H groups in total. The molecule has 0 saturated carbocycles. The highest BCUT2D eigenvalue weighted by atomic mass is 35.5. The van der Waals surface area contributed by atoms with Crippen molar-refractivity contribution in [1.29, 1.82) is 0 Å². The summed E-state index contributed by atoms with van der Waals surface area (Å²) < 4.78 is 13.3. The van der Waals surface area contributed by atoms with E-state index < -0.39 is 11.8 Å². The number of para-hydroxylation sites is 1. The molecule has 1 aromatic carbocycles. The fourth-order valence-electron chi connectivity index (χ4n) is 1.28. The Labute approximate surface area is 109 Å². The maximum absolute atomic E-state index is 13.3. The number of nitrogens with zero attached hydrogens (tertiary/aromatic N) is 1. The van der Waals surface area contributed by atoms with Gasteiger partial charge in [-0.05, 0) is 12.1 Å². The molecule has 0 aliphatic rings. The highest BCUT2D eigenvalue weighted by molar-refractivity contribution is 6.18. The SMILES string of the molecule is O=C(Nc1ccccc1F)N(CCCl)CCCl. The van der Waals surface area contributed by atoms with E-state index in [9.17, 15) is 9.18 Å². The first kappa shape index (κ1) is 14.1. The number of alkyl halides is 2. The Morgan fingerprint density at radius 3 is 2.35 bits per heavy atom. The molecule has 17 heavy (non-hydrogen) atoms. The van der Waals surface area contributed by atoms with Crippen LogP contribution >= 0.6 is 23.2 Å². The lowest BCUT2D eigenvalue weighted by molar-refractivity contribution is 0.217. The summed E-state index contributed by atoms with van der Waals surface area (Å²) in [6.45, 7) is 0.739. The average Bonchev–Trinajstić information content (AvgIpc) is 2.32. The summed E-state index contributed by atoms with van der Waals surface area (Å²) in [6.07, 6.45) is 0. The molecule has 0 heterocycles. The minimum atomic E-state index is -0.474. The Bertz CT molecular complexity index is 370. The highest BCUT2D eigenvalue weighted by Gasteiger charge is 2.13. The monoisotopic (exact) mass is 278 g/mol. The minimum absolute atomic E-state index is 0.145. The number of anilines is 1. The molecule has 0 atom stereocenters. The molecule has 0 unspecified atom stereocenters. The van der Waals surface area contributed by atoms with Crippen molar-refractivity contribution in [3.8, 4) is 0 Å². The van der Waals surface area contributed by atoms with Crippen LogP contribution in [0.1, 0.15) is 0 Å². The molecular weight excluding hydrogens is 266 g/mol. The Kier molecular flexibility index (Phi) is 6.08. The Morgan fingerprint density at radius 1 is 1.24 bits per heavy atom. The number of halogens is 3. The zero-order valence-corrected chi connectivity index (χ0v) is 10.6. The van der Waals surface area contributed by atoms with Crippen molar-refractivity contribution in [3.05, 3.63) is 30.1 Å². The fraction of sp³-hybridized carbons (Fsp3) is 0.364. The number of carbonyl (C=O) groups excluding carboxylic acids is 1. The van der Waals surface area contributed by atoms with E-state index in [1.54, 1.807) is 12.1 Å². The summed E-state index contributed by atoms with van der Waals surface area (Å²) in [5.41, 5.74) is 0.145. The zero-order valence-electron chi connectivity index (χ0n) is 9.13. The van der Waals surface area contributed by atoms with Gasteiger partial charge in [0.1, 0.15) is 5.82 Å². The standard InChI is InChI=1S/C11H13Cl2FN2O/c12-5-7-16(8-6-13)11(17)15-10-4-2-1-3-9(10)14/h1-4H,5-8H2,(H,15,17). The van der Waals surface area contributed by atoms with Gasteiger partial charge >= 0.3 is 6.03 Å². The topological polar surface area (TPSA) is 32.3 Å². The largest absolute Gasteiger partial charge is 0.322 e. The Morgan fingerprint density at radius 2 is 1.82 bits per heavy atom. The number of hydrogen-bond acceptors (Lipinski definition) is 1. The molecule has 1 rings (SSSR count). The lowest BCUT2D eigenvalue weighted by Gasteiger charge is -2.21. The van der Waals surface area contributed by atoms with Crippen molar-refractivity contribution in [2.75, 3.05) is 30.2 Å². The van der Waals surface area contributed by atoms with Crippen LogP contribution in [0.3, 0.4) is 0 Å². The van der Waals surface area contributed by atoms with Crippen LogP contribution in [0.2, 0.25) is 0 Å². The molecule has 1 aromatic rings. The molecule has 0 bridgehead atoms. The lowest BCUT2D eigenvalue weighted by atomic mass is 10.3. The third-order valence-electron chi connectivity index (χ3n) is 2.11. The first-order chi connectivity index (χ1) is 8.19. The van der Waals surface area contributed by atoms with Gasteiger partial charge in [-0.3, -0.25) is 0 Å². The van der Waals surface area contributed by atoms with Crippen molar-refractivity contribution < 1.29 is 9.18 Å². The van der Waals surface area contributed by atoms with Crippen LogP contribution in [0.4, 0.5) is 14.9 Å². The molecular formula is C11H13Cl2FN2O. The van der Waals surface area contributed by atoms with E-state index in [-0.39, 0.29) is 5.69 Å². The van der Waals surface area contributed by atoms with Crippen LogP contribution < -0.4 is 5.32 Å². The number of amides is 2. The summed E-state index contributed by atoms with van der Waals surface area (Å²) in [4.78, 5) is 13.2. The number of nitrogens with one attached hydrogen (secondary N) is 1. The molecule has 2 amide bonds. The molecule has 0 aromatic heterocycles. The predicted molar refractivity (Wildman–Crippen MR) is 68.4 cm³/mol. The van der Waals surface area contributed by atoms with Gasteiger partial charge in [-0.1, -0.05) is 12.1 Å². The fourth-order valence-corrected chi connectivity index (χ4v) is 1.68. The molecule has 0 radical (unpaired) electrons. The number of urea groups is 1. The van der Waals surface area contributed by atoms with Gasteiger partial charge in [0.05, 0.1) is 5.69 Å². The van der Waals surface area contributed by atoms with Gasteiger partial charge in [0, 0.05) is 24.8 Å². The van der Waals surface area contributed by atoms with Gasteiger partial charge in [-0.25, -0.2) is 9.18 Å². The van der Waals surface area contributed by atoms with Crippen LogP contribution in [0.15, 0.2) is 24.3 Å². The van der Waals surface area contributed by atoms with Gasteiger partial charge in [0.2, 0.25) is 0 Å². The highest BCUT2D eigenvalue weighted by Crippen LogP contribution is 2.13. The molecule has 0 saturated heterocycles. The third kappa shape index (κ3) is 4.40. The second kappa shape index (κ2) is 7.35. The van der Waals surface area contributed by atoms with Crippen LogP contribution in [0.25, 0.3) is 0 Å². The summed E-state index contributed by atoms with van der Waals surface area (Å²) in [5.74, 6) is 0.140. The first-order valence-corrected chi connectivity index (χ1v) is 6.18. The summed E-state index contributed by atoms with van der Waals surface area (Å²) in [6, 6.07) is 5.57. The average molecular weight is 279 g/mol. The van der Waals surface area contributed by atoms with E-state index in [1.165, 1.54) is 17.0 Å². The molecule has 0 fully saturated rings. The van der Waals surface area contributed by atoms with E-state index in [1.807, 2.05) is 0 Å². The quantitative estimate of drug-likeness (QED) is 0.825. The second-order valence-electron chi connectivity index (χ2n) is 3.28. The van der Waals surface area contributed by atoms with Gasteiger partial charge < -0.3 is 10.2 Å². The number of benzene rings is 1. The summed E-state index contributed by atoms with van der Waals surface area (Å²) in [7, 11) is 0. The number of hydrogen-bond donors (Lipinski definition) is 1. The molecule has 0 spiro atoms. The maximum Gasteiger partial charge on any atom is 0.322 e. The lowest BCUT2D eigenvalue weighted by Crippen LogP contribution is -2.37. The second-order valence-corrected chi connectivity index (χ2v) is 4.03. The van der Waals surface area contributed by atoms with E-state index in [4.69, 9.17) is 23.2 Å². The van der Waals surface area contributed by atoms with E-state index in [0.29, 0.717) is 24.8 Å². The van der Waals surface area contributed by atoms with Gasteiger partial charge in [-0.15, -0.1) is 23.2 Å². The van der Waals surface area contributed by atoms with Crippen LogP contribution in [0, 0.1) is 5.82 Å². The molecule has 94 valence electrons. The molecule has 3 nitrogen and oxygen atoms in total. The summed E-state index contributed by atoms with van der Waals surface area (Å²) in [5, 5.41) is 2.47. The van der Waals surface area contributed by atoms with E-state index in [0.717, 1.165) is 0 Å². The molecule has 6 heteroatoms. The van der Waals surface area contributed by atoms with Gasteiger partial charge in [0.15, 0.2) is 0 Å². The normalized spacial score (nSPS) is 10.1. The Hall–Kier alpha value is -1.00. The summed E-state index contributed by atoms with van der Waals surface area (Å²) >= 11 is 11.1. The first-order valence-electron chi connectivity index (χ1n) is 5.11. The maximum atomic E-state index is 13.3. The van der Waals surface area contributed by atoms with Gasteiger partial charge in [-0.2, -0.15) is 0 Å². The Balaban J connectivity index is 2.66. The van der Waals surface area contributed by atoms with Crippen LogP contribution in [-0.4, -0.2) is 35.8 Å². The third-order valence-corrected chi connectivity index (χ3v) is 2.45. The number of carbonyl (C=O) groups is 1. The predicted octanol–water partition coefficient (Wildman–Crippen LogP) is 3.14. The smallest absolute Gasteiger partial charge is 0.322 e. The minimum Gasteiger partial charge on any atom is -0.322 e. The molecule has 0 aliphatic heterocycles. The van der Waals surface area contributed by atoms with Crippen molar-refractivity contribution in [2.45, 2.75) is 0 Å². The zero-order chi connectivity index (χ0) is 12.7. The van der Waals surface area contributed by atoms with Crippen molar-refractivity contribution in [1.82, 2.24) is 4.90 Å².